The first-order chi connectivity index (χ1) is 13.8. The van der Waals surface area contributed by atoms with Crippen molar-refractivity contribution in [3.8, 4) is 11.5 Å². The van der Waals surface area contributed by atoms with Crippen molar-refractivity contribution in [3.63, 3.8) is 0 Å². The zero-order valence-electron chi connectivity index (χ0n) is 15.9. The van der Waals surface area contributed by atoms with Crippen LogP contribution < -0.4 is 9.47 Å². The Bertz CT molecular complexity index is 1060. The zero-order valence-corrected chi connectivity index (χ0v) is 15.9. The van der Waals surface area contributed by atoms with E-state index < -0.39 is 0 Å². The number of ether oxygens (including phenoxy) is 3. The van der Waals surface area contributed by atoms with Gasteiger partial charge in [0.25, 0.3) is 0 Å². The Labute approximate surface area is 163 Å². The summed E-state index contributed by atoms with van der Waals surface area (Å²) in [6, 6.07) is 19.9. The van der Waals surface area contributed by atoms with Crippen molar-refractivity contribution in [2.24, 2.45) is 0 Å². The Kier molecular flexibility index (Phi) is 5.26. The third-order valence-electron chi connectivity index (χ3n) is 4.73. The highest BCUT2D eigenvalue weighted by Gasteiger charge is 2.20. The predicted octanol–water partition coefficient (Wildman–Crippen LogP) is 4.89. The third kappa shape index (κ3) is 3.57. The molecule has 0 amide bonds. The van der Waals surface area contributed by atoms with E-state index in [0.717, 1.165) is 27.7 Å². The normalized spacial score (nSPS) is 12.1. The molecular weight excluding hydrogens is 352 g/mol. The van der Waals surface area contributed by atoms with Gasteiger partial charge in [0, 0.05) is 30.5 Å². The summed E-state index contributed by atoms with van der Waals surface area (Å²) in [5.41, 5.74) is 3.96. The second-order valence-electron chi connectivity index (χ2n) is 6.44. The van der Waals surface area contributed by atoms with Gasteiger partial charge in [-0.1, -0.05) is 36.4 Å². The predicted molar refractivity (Wildman–Crippen MR) is 109 cm³/mol. The number of aromatic nitrogens is 2. The van der Waals surface area contributed by atoms with Gasteiger partial charge in [0.15, 0.2) is 11.5 Å². The van der Waals surface area contributed by atoms with Crippen LogP contribution in [0.25, 0.3) is 11.0 Å². The summed E-state index contributed by atoms with van der Waals surface area (Å²) in [7, 11) is 3.35. The van der Waals surface area contributed by atoms with Crippen molar-refractivity contribution in [3.05, 3.63) is 89.7 Å². The van der Waals surface area contributed by atoms with Crippen molar-refractivity contribution >= 4 is 11.0 Å². The number of hydrogen-bond donors (Lipinski definition) is 1. The molecule has 1 unspecified atom stereocenters. The third-order valence-corrected chi connectivity index (χ3v) is 4.73. The molecule has 0 spiro atoms. The number of nitrogens with one attached hydrogen (secondary N) is 1. The lowest BCUT2D eigenvalue weighted by Gasteiger charge is -2.18. The van der Waals surface area contributed by atoms with Crippen molar-refractivity contribution in [1.29, 1.82) is 0 Å². The van der Waals surface area contributed by atoms with E-state index in [-0.39, 0.29) is 6.10 Å². The molecule has 4 aromatic rings. The Morgan fingerprint density at radius 3 is 2.61 bits per heavy atom. The molecule has 0 saturated carbocycles. The lowest BCUT2D eigenvalue weighted by Crippen LogP contribution is -2.04. The molecule has 0 aliphatic carbocycles. The smallest absolute Gasteiger partial charge is 0.161 e. The zero-order chi connectivity index (χ0) is 19.3. The van der Waals surface area contributed by atoms with Crippen LogP contribution in [0.1, 0.15) is 22.8 Å². The number of aromatic amines is 1. The van der Waals surface area contributed by atoms with E-state index in [1.807, 2.05) is 66.9 Å². The molecule has 5 nitrogen and oxygen atoms in total. The van der Waals surface area contributed by atoms with E-state index in [4.69, 9.17) is 14.2 Å². The Morgan fingerprint density at radius 2 is 1.82 bits per heavy atom. The first-order valence-corrected chi connectivity index (χ1v) is 9.09. The molecule has 0 aliphatic rings. The topological polar surface area (TPSA) is 56.4 Å². The average molecular weight is 374 g/mol. The molecule has 28 heavy (non-hydrogen) atoms. The van der Waals surface area contributed by atoms with Gasteiger partial charge in [0.2, 0.25) is 0 Å². The number of fused-ring (bicyclic) bond motifs is 1. The number of methoxy groups -OCH3 is 2. The molecule has 2 aromatic heterocycles. The largest absolute Gasteiger partial charge is 0.493 e. The van der Waals surface area contributed by atoms with Crippen molar-refractivity contribution in [2.75, 3.05) is 14.2 Å². The summed E-state index contributed by atoms with van der Waals surface area (Å²) >= 11 is 0. The van der Waals surface area contributed by atoms with Gasteiger partial charge in [-0.05, 0) is 35.4 Å². The molecule has 142 valence electrons. The number of H-pyrrole nitrogens is 1. The van der Waals surface area contributed by atoms with Crippen LogP contribution in [0, 0.1) is 0 Å². The number of pyridine rings is 1. The van der Waals surface area contributed by atoms with Gasteiger partial charge in [-0.3, -0.25) is 0 Å². The van der Waals surface area contributed by atoms with Gasteiger partial charge in [-0.2, -0.15) is 0 Å². The lowest BCUT2D eigenvalue weighted by molar-refractivity contribution is 0.137. The minimum atomic E-state index is -0.241. The standard InChI is InChI=1S/C23H22N2O3/c1-26-21-13-17(10-11-20(21)28-15-16-7-4-3-5-8-16)22(27-2)19-14-25-23-18(19)9-6-12-24-23/h3-14,22H,15H2,1-2H3,(H,24,25). The number of nitrogens with zero attached hydrogens (tertiary/aromatic N) is 1. The van der Waals surface area contributed by atoms with E-state index in [0.29, 0.717) is 18.1 Å². The Balaban J connectivity index is 1.62. The molecule has 0 radical (unpaired) electrons. The van der Waals surface area contributed by atoms with Crippen LogP contribution in [-0.4, -0.2) is 24.2 Å². The minimum Gasteiger partial charge on any atom is -0.493 e. The molecule has 5 heteroatoms. The van der Waals surface area contributed by atoms with Crippen LogP contribution >= 0.6 is 0 Å². The highest BCUT2D eigenvalue weighted by Crippen LogP contribution is 2.36. The molecule has 0 bridgehead atoms. The van der Waals surface area contributed by atoms with Gasteiger partial charge in [0.1, 0.15) is 18.4 Å². The van der Waals surface area contributed by atoms with Crippen molar-refractivity contribution in [2.45, 2.75) is 12.7 Å². The molecule has 0 fully saturated rings. The van der Waals surface area contributed by atoms with Gasteiger partial charge in [-0.15, -0.1) is 0 Å². The van der Waals surface area contributed by atoms with Gasteiger partial charge < -0.3 is 19.2 Å². The van der Waals surface area contributed by atoms with Crippen LogP contribution in [0.4, 0.5) is 0 Å². The SMILES string of the molecule is COc1cc(C(OC)c2c[nH]c3ncccc23)ccc1OCc1ccccc1. The fourth-order valence-corrected chi connectivity index (χ4v) is 3.34. The van der Waals surface area contributed by atoms with Gasteiger partial charge in [-0.25, -0.2) is 4.98 Å². The molecule has 0 saturated heterocycles. The summed E-state index contributed by atoms with van der Waals surface area (Å²) in [5, 5.41) is 1.04. The Morgan fingerprint density at radius 1 is 0.964 bits per heavy atom. The molecule has 2 heterocycles. The maximum atomic E-state index is 5.96. The van der Waals surface area contributed by atoms with E-state index >= 15 is 0 Å². The quantitative estimate of drug-likeness (QED) is 0.501. The summed E-state index contributed by atoms with van der Waals surface area (Å²) in [5.74, 6) is 1.37. The van der Waals surface area contributed by atoms with E-state index in [1.165, 1.54) is 0 Å². The number of hydrogen-bond acceptors (Lipinski definition) is 4. The number of rotatable bonds is 7. The maximum Gasteiger partial charge on any atom is 0.161 e. The second-order valence-corrected chi connectivity index (χ2v) is 6.44. The summed E-state index contributed by atoms with van der Waals surface area (Å²) in [6.45, 7) is 0.484. The monoisotopic (exact) mass is 374 g/mol. The summed E-state index contributed by atoms with van der Waals surface area (Å²) in [6.07, 6.45) is 3.47. The van der Waals surface area contributed by atoms with Crippen LogP contribution in [-0.2, 0) is 11.3 Å². The molecule has 2 aromatic carbocycles. The van der Waals surface area contributed by atoms with E-state index in [2.05, 4.69) is 9.97 Å². The number of benzene rings is 2. The minimum absolute atomic E-state index is 0.241. The van der Waals surface area contributed by atoms with Crippen LogP contribution in [0.2, 0.25) is 0 Å². The first-order valence-electron chi connectivity index (χ1n) is 9.09. The van der Waals surface area contributed by atoms with Crippen LogP contribution in [0.15, 0.2) is 73.1 Å². The molecular formula is C23H22N2O3. The second kappa shape index (κ2) is 8.15. The molecule has 1 atom stereocenters. The average Bonchev–Trinajstić information content (AvgIpc) is 3.18. The van der Waals surface area contributed by atoms with Crippen LogP contribution in [0.5, 0.6) is 11.5 Å². The van der Waals surface area contributed by atoms with Gasteiger partial charge >= 0.3 is 0 Å². The molecule has 1 N–H and O–H groups in total. The van der Waals surface area contributed by atoms with E-state index in [1.54, 1.807) is 20.4 Å². The summed E-state index contributed by atoms with van der Waals surface area (Å²) in [4.78, 5) is 7.56. The van der Waals surface area contributed by atoms with E-state index in [9.17, 15) is 0 Å². The lowest BCUT2D eigenvalue weighted by atomic mass is 10.0. The highest BCUT2D eigenvalue weighted by atomic mass is 16.5. The molecule has 4 rings (SSSR count). The summed E-state index contributed by atoms with van der Waals surface area (Å²) < 4.78 is 17.3. The fourth-order valence-electron chi connectivity index (χ4n) is 3.34. The van der Waals surface area contributed by atoms with Crippen LogP contribution in [0.3, 0.4) is 0 Å². The Hall–Kier alpha value is -3.31. The van der Waals surface area contributed by atoms with Gasteiger partial charge in [0.05, 0.1) is 7.11 Å². The highest BCUT2D eigenvalue weighted by molar-refractivity contribution is 5.80. The van der Waals surface area contributed by atoms with Crippen molar-refractivity contribution in [1.82, 2.24) is 9.97 Å². The fraction of sp³-hybridized carbons (Fsp3) is 0.174. The first kappa shape index (κ1) is 18.1. The van der Waals surface area contributed by atoms with Crippen molar-refractivity contribution < 1.29 is 14.2 Å². The molecule has 0 aliphatic heterocycles. The maximum absolute atomic E-state index is 5.96.